The number of benzene rings is 2. The van der Waals surface area contributed by atoms with Gasteiger partial charge in [0.2, 0.25) is 11.8 Å². The standard InChI is InChI=1S/C35H44N2O7/c1-24-13-14-29(38)21-28(18-25-8-4-3-5-9-25)34(41)36-31(20-26-10-6-11-27(24)19-26)35(42)37-23-30(39)22-32(37)33(40)12-7-15-44-17-16-43-2/h3-6,8-11,19,28,30-32,39H,1,7,12-18,20-23H2,2H3,(H,36,41)/t28-,30-,31+,32+/m1/s1. The number of aliphatic hydroxyl groups is 1. The Morgan fingerprint density at radius 2 is 1.82 bits per heavy atom. The van der Waals surface area contributed by atoms with Crippen molar-refractivity contribution in [3.8, 4) is 0 Å². The van der Waals surface area contributed by atoms with Crippen LogP contribution in [-0.4, -0.2) is 85.1 Å². The Kier molecular flexibility index (Phi) is 12.4. The molecule has 1 saturated heterocycles. The summed E-state index contributed by atoms with van der Waals surface area (Å²) in [6.45, 7) is 5.49. The zero-order chi connectivity index (χ0) is 31.5. The van der Waals surface area contributed by atoms with Gasteiger partial charge in [0.1, 0.15) is 11.8 Å². The molecule has 2 bridgehead atoms. The lowest BCUT2D eigenvalue weighted by molar-refractivity contribution is -0.141. The molecule has 0 saturated carbocycles. The number of fused-ring (bicyclic) bond motifs is 2. The third-order valence-corrected chi connectivity index (χ3v) is 8.34. The van der Waals surface area contributed by atoms with E-state index in [1.54, 1.807) is 7.11 Å². The molecular weight excluding hydrogens is 560 g/mol. The predicted octanol–water partition coefficient (Wildman–Crippen LogP) is 3.31. The number of ether oxygens (including phenoxy) is 2. The molecule has 2 aliphatic rings. The zero-order valence-electron chi connectivity index (χ0n) is 25.5. The van der Waals surface area contributed by atoms with Gasteiger partial charge in [-0.2, -0.15) is 0 Å². The van der Waals surface area contributed by atoms with Crippen LogP contribution in [0.1, 0.15) is 55.2 Å². The second-order valence-corrected chi connectivity index (χ2v) is 11.8. The van der Waals surface area contributed by atoms with Crippen molar-refractivity contribution in [3.63, 3.8) is 0 Å². The van der Waals surface area contributed by atoms with Crippen molar-refractivity contribution in [1.82, 2.24) is 10.2 Å². The van der Waals surface area contributed by atoms with Crippen LogP contribution >= 0.6 is 0 Å². The van der Waals surface area contributed by atoms with E-state index in [1.807, 2.05) is 54.6 Å². The SMILES string of the molecule is C=C1CCC(=O)C[C@@H](Cc2ccccc2)C(=O)N[C@H](C(=O)N2C[C@H](O)C[C@H]2C(=O)CCCOCCOC)Cc2cccc1c2. The van der Waals surface area contributed by atoms with Crippen LogP contribution in [0.2, 0.25) is 0 Å². The number of carbonyl (C=O) groups excluding carboxylic acids is 4. The molecule has 1 fully saturated rings. The van der Waals surface area contributed by atoms with Crippen LogP contribution in [0.4, 0.5) is 0 Å². The summed E-state index contributed by atoms with van der Waals surface area (Å²) in [5.74, 6) is -1.66. The Hall–Kier alpha value is -3.66. The molecule has 0 unspecified atom stereocenters. The molecule has 2 aliphatic heterocycles. The van der Waals surface area contributed by atoms with Gasteiger partial charge in [0.05, 0.1) is 25.4 Å². The van der Waals surface area contributed by atoms with Crippen molar-refractivity contribution < 1.29 is 33.8 Å². The van der Waals surface area contributed by atoms with Gasteiger partial charge < -0.3 is 24.8 Å². The normalized spacial score (nSPS) is 23.0. The first-order chi connectivity index (χ1) is 21.2. The topological polar surface area (TPSA) is 122 Å². The highest BCUT2D eigenvalue weighted by atomic mass is 16.5. The lowest BCUT2D eigenvalue weighted by Gasteiger charge is -2.29. The number of hydrogen-bond donors (Lipinski definition) is 2. The molecule has 9 heteroatoms. The van der Waals surface area contributed by atoms with Gasteiger partial charge in [-0.3, -0.25) is 19.2 Å². The van der Waals surface area contributed by atoms with E-state index < -0.39 is 30.0 Å². The molecule has 2 heterocycles. The highest BCUT2D eigenvalue weighted by Gasteiger charge is 2.41. The number of hydrogen-bond acceptors (Lipinski definition) is 7. The molecule has 2 aromatic carbocycles. The average molecular weight is 605 g/mol. The Bertz CT molecular complexity index is 1310. The first-order valence-corrected chi connectivity index (χ1v) is 15.5. The molecule has 0 aromatic heterocycles. The maximum absolute atomic E-state index is 14.2. The van der Waals surface area contributed by atoms with Crippen molar-refractivity contribution in [2.75, 3.05) is 33.5 Å². The number of ketones is 2. The van der Waals surface area contributed by atoms with Gasteiger partial charge in [-0.05, 0) is 41.5 Å². The molecule has 2 N–H and O–H groups in total. The van der Waals surface area contributed by atoms with Crippen LogP contribution in [0.25, 0.3) is 5.57 Å². The van der Waals surface area contributed by atoms with Gasteiger partial charge in [-0.25, -0.2) is 0 Å². The van der Waals surface area contributed by atoms with Gasteiger partial charge in [-0.1, -0.05) is 61.2 Å². The molecule has 4 atom stereocenters. The number of Topliss-reactive ketones (excluding diaryl/α,β-unsaturated/α-hetero) is 2. The van der Waals surface area contributed by atoms with Crippen molar-refractivity contribution in [2.24, 2.45) is 5.92 Å². The number of likely N-dealkylation sites (tertiary alicyclic amines) is 1. The Morgan fingerprint density at radius 1 is 1.02 bits per heavy atom. The Balaban J connectivity index is 1.57. The number of methoxy groups -OCH3 is 1. The minimum absolute atomic E-state index is 0.00866. The fraction of sp³-hybridized carbons (Fsp3) is 0.486. The molecule has 4 rings (SSSR count). The summed E-state index contributed by atoms with van der Waals surface area (Å²) in [5.41, 5.74) is 3.44. The fourth-order valence-corrected chi connectivity index (χ4v) is 5.93. The predicted molar refractivity (Wildman–Crippen MR) is 167 cm³/mol. The second kappa shape index (κ2) is 16.4. The van der Waals surface area contributed by atoms with Crippen LogP contribution in [0, 0.1) is 5.92 Å². The van der Waals surface area contributed by atoms with Gasteiger partial charge in [0, 0.05) is 58.3 Å². The summed E-state index contributed by atoms with van der Waals surface area (Å²) in [6.07, 6.45) is 1.35. The van der Waals surface area contributed by atoms with E-state index in [4.69, 9.17) is 9.47 Å². The monoisotopic (exact) mass is 604 g/mol. The molecule has 44 heavy (non-hydrogen) atoms. The Labute approximate surface area is 259 Å². The molecule has 0 spiro atoms. The van der Waals surface area contributed by atoms with E-state index >= 15 is 0 Å². The van der Waals surface area contributed by atoms with Gasteiger partial charge in [-0.15, -0.1) is 0 Å². The van der Waals surface area contributed by atoms with E-state index in [1.165, 1.54) is 4.90 Å². The lowest BCUT2D eigenvalue weighted by atomic mass is 9.91. The summed E-state index contributed by atoms with van der Waals surface area (Å²) in [6, 6.07) is 15.3. The van der Waals surface area contributed by atoms with Crippen molar-refractivity contribution in [3.05, 3.63) is 77.9 Å². The number of β-amino-alcohol motifs (C(OH)–C–C–N with tert-alkyl or cyclic N) is 1. The van der Waals surface area contributed by atoms with Gasteiger partial charge >= 0.3 is 0 Å². The molecule has 2 aromatic rings. The lowest BCUT2D eigenvalue weighted by Crippen LogP contribution is -2.54. The summed E-state index contributed by atoms with van der Waals surface area (Å²) >= 11 is 0. The number of amides is 2. The first-order valence-electron chi connectivity index (χ1n) is 15.5. The van der Waals surface area contributed by atoms with E-state index in [2.05, 4.69) is 11.9 Å². The smallest absolute Gasteiger partial charge is 0.246 e. The van der Waals surface area contributed by atoms with E-state index in [-0.39, 0.29) is 56.1 Å². The molecule has 236 valence electrons. The van der Waals surface area contributed by atoms with E-state index in [0.717, 1.165) is 22.3 Å². The average Bonchev–Trinajstić information content (AvgIpc) is 3.42. The highest BCUT2D eigenvalue weighted by Crippen LogP contribution is 2.26. The van der Waals surface area contributed by atoms with Gasteiger partial charge in [0.15, 0.2) is 5.78 Å². The second-order valence-electron chi connectivity index (χ2n) is 11.8. The number of allylic oxidation sites excluding steroid dienone is 1. The Morgan fingerprint density at radius 3 is 2.59 bits per heavy atom. The van der Waals surface area contributed by atoms with E-state index in [0.29, 0.717) is 39.1 Å². The summed E-state index contributed by atoms with van der Waals surface area (Å²) in [5, 5.41) is 13.5. The minimum atomic E-state index is -0.988. The minimum Gasteiger partial charge on any atom is -0.391 e. The largest absolute Gasteiger partial charge is 0.391 e. The summed E-state index contributed by atoms with van der Waals surface area (Å²) < 4.78 is 10.4. The van der Waals surface area contributed by atoms with Crippen molar-refractivity contribution in [1.29, 1.82) is 0 Å². The molecule has 9 nitrogen and oxygen atoms in total. The third kappa shape index (κ3) is 9.42. The molecule has 0 radical (unpaired) electrons. The maximum Gasteiger partial charge on any atom is 0.246 e. The maximum atomic E-state index is 14.2. The summed E-state index contributed by atoms with van der Waals surface area (Å²) in [4.78, 5) is 55.7. The molecule has 2 amide bonds. The van der Waals surface area contributed by atoms with E-state index in [9.17, 15) is 24.3 Å². The van der Waals surface area contributed by atoms with Crippen LogP contribution < -0.4 is 5.32 Å². The van der Waals surface area contributed by atoms with Crippen molar-refractivity contribution >= 4 is 29.0 Å². The number of aliphatic hydroxyl groups excluding tert-OH is 1. The quantitative estimate of drug-likeness (QED) is 0.378. The number of rotatable bonds is 11. The molecular formula is C35H44N2O7. The van der Waals surface area contributed by atoms with Crippen LogP contribution in [0.15, 0.2) is 61.2 Å². The third-order valence-electron chi connectivity index (χ3n) is 8.34. The number of carbonyl (C=O) groups is 4. The molecule has 0 aliphatic carbocycles. The number of nitrogens with one attached hydrogen (secondary N) is 1. The fourth-order valence-electron chi connectivity index (χ4n) is 5.93. The number of nitrogens with zero attached hydrogens (tertiary/aromatic N) is 1. The van der Waals surface area contributed by atoms with Gasteiger partial charge in [0.25, 0.3) is 0 Å². The van der Waals surface area contributed by atoms with Crippen LogP contribution in [-0.2, 0) is 41.5 Å². The zero-order valence-corrected chi connectivity index (χ0v) is 25.5. The van der Waals surface area contributed by atoms with Crippen molar-refractivity contribution in [2.45, 2.75) is 69.6 Å². The highest BCUT2D eigenvalue weighted by molar-refractivity contribution is 5.95. The summed E-state index contributed by atoms with van der Waals surface area (Å²) in [7, 11) is 1.59. The van der Waals surface area contributed by atoms with Crippen LogP contribution in [0.3, 0.4) is 0 Å². The first kappa shape index (κ1) is 33.2. The van der Waals surface area contributed by atoms with Crippen LogP contribution in [0.5, 0.6) is 0 Å².